The van der Waals surface area contributed by atoms with Crippen molar-refractivity contribution in [3.63, 3.8) is 0 Å². The van der Waals surface area contributed by atoms with Gasteiger partial charge in [-0.25, -0.2) is 0 Å². The number of fused-ring (bicyclic) bond motifs is 1. The van der Waals surface area contributed by atoms with Crippen molar-refractivity contribution in [3.05, 3.63) is 48.5 Å². The second-order valence-corrected chi connectivity index (χ2v) is 5.93. The molecule has 0 unspecified atom stereocenters. The zero-order chi connectivity index (χ0) is 18.4. The molecule has 1 N–H and O–H groups in total. The van der Waals surface area contributed by atoms with Crippen molar-refractivity contribution >= 4 is 5.91 Å². The Morgan fingerprint density at radius 1 is 1.15 bits per heavy atom. The van der Waals surface area contributed by atoms with Gasteiger partial charge in [-0.2, -0.15) is 0 Å². The molecule has 26 heavy (non-hydrogen) atoms. The molecule has 6 heteroatoms. The summed E-state index contributed by atoms with van der Waals surface area (Å²) in [4.78, 5) is 12.4. The molecule has 0 saturated heterocycles. The van der Waals surface area contributed by atoms with E-state index in [1.54, 1.807) is 31.4 Å². The van der Waals surface area contributed by atoms with Crippen molar-refractivity contribution in [2.24, 2.45) is 0 Å². The van der Waals surface area contributed by atoms with Gasteiger partial charge in [0.05, 0.1) is 13.7 Å². The van der Waals surface area contributed by atoms with Crippen LogP contribution in [0.1, 0.15) is 13.3 Å². The van der Waals surface area contributed by atoms with Gasteiger partial charge in [-0.15, -0.1) is 0 Å². The fourth-order valence-electron chi connectivity index (χ4n) is 2.63. The Morgan fingerprint density at radius 3 is 2.54 bits per heavy atom. The molecule has 3 rings (SSSR count). The molecular weight excluding hydrogens is 334 g/mol. The van der Waals surface area contributed by atoms with Gasteiger partial charge in [0, 0.05) is 0 Å². The number of para-hydroxylation sites is 2. The van der Waals surface area contributed by atoms with Crippen LogP contribution in [0.5, 0.6) is 23.0 Å². The van der Waals surface area contributed by atoms with Gasteiger partial charge in [0.25, 0.3) is 5.91 Å². The predicted octanol–water partition coefficient (Wildman–Crippen LogP) is 2.81. The summed E-state index contributed by atoms with van der Waals surface area (Å²) in [5, 5.41) is 2.88. The summed E-state index contributed by atoms with van der Waals surface area (Å²) in [6.07, 6.45) is -0.240. The molecule has 1 amide bonds. The largest absolute Gasteiger partial charge is 0.497 e. The van der Waals surface area contributed by atoms with E-state index in [0.29, 0.717) is 31.1 Å². The van der Waals surface area contributed by atoms with Gasteiger partial charge in [0.2, 0.25) is 0 Å². The number of rotatable bonds is 7. The number of carbonyl (C=O) groups excluding carboxylic acids is 1. The minimum Gasteiger partial charge on any atom is -0.497 e. The second-order valence-electron chi connectivity index (χ2n) is 5.93. The highest BCUT2D eigenvalue weighted by molar-refractivity contribution is 5.81. The molecule has 0 radical (unpaired) electrons. The van der Waals surface area contributed by atoms with E-state index in [0.717, 1.165) is 11.5 Å². The molecule has 1 heterocycles. The van der Waals surface area contributed by atoms with E-state index in [9.17, 15) is 4.79 Å². The number of carbonyl (C=O) groups is 1. The molecule has 0 bridgehead atoms. The quantitative estimate of drug-likeness (QED) is 0.825. The first-order valence-corrected chi connectivity index (χ1v) is 8.66. The van der Waals surface area contributed by atoms with Crippen molar-refractivity contribution in [3.8, 4) is 23.0 Å². The molecule has 0 saturated carbocycles. The first-order chi connectivity index (χ1) is 12.7. The highest BCUT2D eigenvalue weighted by atomic mass is 16.6. The molecule has 0 aliphatic carbocycles. The van der Waals surface area contributed by atoms with Gasteiger partial charge >= 0.3 is 0 Å². The lowest BCUT2D eigenvalue weighted by Crippen LogP contribution is -2.45. The zero-order valence-corrected chi connectivity index (χ0v) is 14.9. The summed E-state index contributed by atoms with van der Waals surface area (Å²) in [5.74, 6) is 2.61. The van der Waals surface area contributed by atoms with Crippen LogP contribution in [0, 0.1) is 0 Å². The number of benzene rings is 2. The van der Waals surface area contributed by atoms with Gasteiger partial charge < -0.3 is 24.3 Å². The first-order valence-electron chi connectivity index (χ1n) is 8.66. The van der Waals surface area contributed by atoms with E-state index in [1.807, 2.05) is 31.2 Å². The van der Waals surface area contributed by atoms with Crippen LogP contribution in [0.2, 0.25) is 0 Å². The molecule has 2 atom stereocenters. The molecular formula is C20H23NO5. The van der Waals surface area contributed by atoms with E-state index < -0.39 is 6.10 Å². The molecule has 0 fully saturated rings. The Labute approximate surface area is 153 Å². The lowest BCUT2D eigenvalue weighted by molar-refractivity contribution is -0.128. The number of hydrogen-bond donors (Lipinski definition) is 1. The molecule has 138 valence electrons. The number of nitrogens with one attached hydrogen (secondary N) is 1. The number of methoxy groups -OCH3 is 1. The van der Waals surface area contributed by atoms with Gasteiger partial charge in [0.1, 0.15) is 24.2 Å². The average Bonchev–Trinajstić information content (AvgIpc) is 2.70. The van der Waals surface area contributed by atoms with E-state index >= 15 is 0 Å². The molecule has 0 aromatic heterocycles. The summed E-state index contributed by atoms with van der Waals surface area (Å²) >= 11 is 0. The SMILES string of the molecule is CC[C@@H](Oc1ccc(OC)cc1)C(=O)NC[C@@H]1COc2ccccc2O1. The van der Waals surface area contributed by atoms with Crippen LogP contribution in [-0.4, -0.2) is 38.4 Å². The third-order valence-electron chi connectivity index (χ3n) is 4.07. The highest BCUT2D eigenvalue weighted by Gasteiger charge is 2.24. The fraction of sp³-hybridized carbons (Fsp3) is 0.350. The molecule has 2 aromatic carbocycles. The summed E-state index contributed by atoms with van der Waals surface area (Å²) in [7, 11) is 1.60. The van der Waals surface area contributed by atoms with Crippen molar-refractivity contribution in [1.29, 1.82) is 0 Å². The molecule has 2 aromatic rings. The molecule has 1 aliphatic rings. The van der Waals surface area contributed by atoms with Crippen LogP contribution < -0.4 is 24.3 Å². The minimum absolute atomic E-state index is 0.175. The minimum atomic E-state index is -0.569. The predicted molar refractivity (Wildman–Crippen MR) is 97.1 cm³/mol. The Bertz CT molecular complexity index is 731. The van der Waals surface area contributed by atoms with E-state index in [-0.39, 0.29) is 12.0 Å². The maximum atomic E-state index is 12.4. The van der Waals surface area contributed by atoms with Crippen molar-refractivity contribution < 1.29 is 23.7 Å². The Balaban J connectivity index is 1.51. The standard InChI is InChI=1S/C20H23NO5/c1-3-17(25-15-10-8-14(23-2)9-11-15)20(22)21-12-16-13-24-18-6-4-5-7-19(18)26-16/h4-11,16-17H,3,12-13H2,1-2H3,(H,21,22)/t16-,17-/m1/s1. The third kappa shape index (κ3) is 4.39. The maximum Gasteiger partial charge on any atom is 0.261 e. The third-order valence-corrected chi connectivity index (χ3v) is 4.07. The maximum absolute atomic E-state index is 12.4. The molecule has 6 nitrogen and oxygen atoms in total. The van der Waals surface area contributed by atoms with Crippen molar-refractivity contribution in [1.82, 2.24) is 5.32 Å². The first kappa shape index (κ1) is 17.9. The Kier molecular flexibility index (Phi) is 5.84. The van der Waals surface area contributed by atoms with Gasteiger partial charge in [0.15, 0.2) is 17.6 Å². The van der Waals surface area contributed by atoms with E-state index in [2.05, 4.69) is 5.32 Å². The monoisotopic (exact) mass is 357 g/mol. The van der Waals surface area contributed by atoms with Crippen molar-refractivity contribution in [2.75, 3.05) is 20.3 Å². The smallest absolute Gasteiger partial charge is 0.261 e. The van der Waals surface area contributed by atoms with Gasteiger partial charge in [-0.3, -0.25) is 4.79 Å². The summed E-state index contributed by atoms with van der Waals surface area (Å²) in [5.41, 5.74) is 0. The summed E-state index contributed by atoms with van der Waals surface area (Å²) < 4.78 is 22.4. The Hall–Kier alpha value is -2.89. The number of amides is 1. The van der Waals surface area contributed by atoms with Gasteiger partial charge in [-0.1, -0.05) is 19.1 Å². The zero-order valence-electron chi connectivity index (χ0n) is 14.9. The lowest BCUT2D eigenvalue weighted by Gasteiger charge is -2.27. The summed E-state index contributed by atoms with van der Waals surface area (Å²) in [6.45, 7) is 2.66. The average molecular weight is 357 g/mol. The topological polar surface area (TPSA) is 66.0 Å². The number of hydrogen-bond acceptors (Lipinski definition) is 5. The lowest BCUT2D eigenvalue weighted by atomic mass is 10.2. The van der Waals surface area contributed by atoms with E-state index in [1.165, 1.54) is 0 Å². The van der Waals surface area contributed by atoms with Crippen LogP contribution in [-0.2, 0) is 4.79 Å². The highest BCUT2D eigenvalue weighted by Crippen LogP contribution is 2.30. The molecule has 1 aliphatic heterocycles. The van der Waals surface area contributed by atoms with E-state index in [4.69, 9.17) is 18.9 Å². The van der Waals surface area contributed by atoms with Crippen LogP contribution in [0.15, 0.2) is 48.5 Å². The Morgan fingerprint density at radius 2 is 1.85 bits per heavy atom. The van der Waals surface area contributed by atoms with Gasteiger partial charge in [-0.05, 0) is 42.8 Å². The normalized spacial score (nSPS) is 16.5. The van der Waals surface area contributed by atoms with Crippen LogP contribution in [0.25, 0.3) is 0 Å². The molecule has 0 spiro atoms. The van der Waals surface area contributed by atoms with Crippen LogP contribution in [0.4, 0.5) is 0 Å². The van der Waals surface area contributed by atoms with Crippen molar-refractivity contribution in [2.45, 2.75) is 25.6 Å². The van der Waals surface area contributed by atoms with Crippen LogP contribution in [0.3, 0.4) is 0 Å². The second kappa shape index (κ2) is 8.47. The van der Waals surface area contributed by atoms with Crippen LogP contribution >= 0.6 is 0 Å². The summed E-state index contributed by atoms with van der Waals surface area (Å²) in [6, 6.07) is 14.7. The number of ether oxygens (including phenoxy) is 4. The fourth-order valence-corrected chi connectivity index (χ4v) is 2.63.